The first-order valence-corrected chi connectivity index (χ1v) is 8.42. The minimum absolute atomic E-state index is 0.0858. The van der Waals surface area contributed by atoms with Crippen molar-refractivity contribution >= 4 is 23.6 Å². The maximum absolute atomic E-state index is 12.4. The number of carbonyl (C=O) groups is 2. The number of amides is 1. The lowest BCUT2D eigenvalue weighted by molar-refractivity contribution is -0.144. The van der Waals surface area contributed by atoms with Crippen molar-refractivity contribution in [2.24, 2.45) is 0 Å². The fourth-order valence-corrected chi connectivity index (χ4v) is 3.70. The van der Waals surface area contributed by atoms with E-state index in [2.05, 4.69) is 10.5 Å². The van der Waals surface area contributed by atoms with Crippen LogP contribution in [-0.2, 0) is 4.79 Å². The first kappa shape index (κ1) is 15.6. The van der Waals surface area contributed by atoms with Gasteiger partial charge in [0.05, 0.1) is 0 Å². The molecule has 0 bridgehead atoms. The number of carboxylic acids is 1. The Morgan fingerprint density at radius 1 is 1.22 bits per heavy atom. The Labute approximate surface area is 137 Å². The molecule has 0 atom stereocenters. The van der Waals surface area contributed by atoms with Gasteiger partial charge in [0.15, 0.2) is 11.5 Å². The number of carboxylic acid groups (broad SMARTS) is 1. The van der Waals surface area contributed by atoms with Crippen LogP contribution in [0.3, 0.4) is 0 Å². The van der Waals surface area contributed by atoms with Gasteiger partial charge in [0.1, 0.15) is 5.54 Å². The molecule has 0 saturated carbocycles. The van der Waals surface area contributed by atoms with E-state index in [0.29, 0.717) is 30.1 Å². The molecule has 7 heteroatoms. The Balaban J connectivity index is 1.78. The average Bonchev–Trinajstić information content (AvgIpc) is 3.06. The lowest BCUT2D eigenvalue weighted by Gasteiger charge is -2.33. The lowest BCUT2D eigenvalue weighted by Crippen LogP contribution is -2.56. The molecule has 0 unspecified atom stereocenters. The first-order chi connectivity index (χ1) is 11.1. The molecule has 0 spiro atoms. The summed E-state index contributed by atoms with van der Waals surface area (Å²) in [5, 5.41) is 15.9. The second kappa shape index (κ2) is 6.45. The molecule has 2 heterocycles. The minimum Gasteiger partial charge on any atom is -0.480 e. The fraction of sp³-hybridized carbons (Fsp3) is 0.312. The number of benzene rings is 1. The van der Waals surface area contributed by atoms with Gasteiger partial charge in [0.25, 0.3) is 5.91 Å². The van der Waals surface area contributed by atoms with Crippen molar-refractivity contribution in [1.82, 2.24) is 10.5 Å². The fourth-order valence-electron chi connectivity index (χ4n) is 2.51. The summed E-state index contributed by atoms with van der Waals surface area (Å²) in [5.74, 6) is 0.365. The largest absolute Gasteiger partial charge is 0.480 e. The van der Waals surface area contributed by atoms with Crippen LogP contribution in [0.2, 0.25) is 0 Å². The molecule has 1 aromatic carbocycles. The molecule has 1 amide bonds. The molecule has 6 nitrogen and oxygen atoms in total. The van der Waals surface area contributed by atoms with Gasteiger partial charge in [-0.1, -0.05) is 35.5 Å². The van der Waals surface area contributed by atoms with E-state index >= 15 is 0 Å². The third-order valence-electron chi connectivity index (χ3n) is 3.91. The van der Waals surface area contributed by atoms with E-state index in [1.54, 1.807) is 11.8 Å². The zero-order chi connectivity index (χ0) is 16.3. The zero-order valence-corrected chi connectivity index (χ0v) is 13.1. The Kier molecular flexibility index (Phi) is 4.38. The highest BCUT2D eigenvalue weighted by atomic mass is 32.2. The highest BCUT2D eigenvalue weighted by molar-refractivity contribution is 7.99. The number of hydrogen-bond donors (Lipinski definition) is 2. The molecule has 23 heavy (non-hydrogen) atoms. The lowest BCUT2D eigenvalue weighted by atomic mass is 9.92. The van der Waals surface area contributed by atoms with Gasteiger partial charge in [0.2, 0.25) is 0 Å². The van der Waals surface area contributed by atoms with Crippen molar-refractivity contribution in [2.75, 3.05) is 11.5 Å². The van der Waals surface area contributed by atoms with E-state index in [1.807, 2.05) is 30.3 Å². The van der Waals surface area contributed by atoms with E-state index in [1.165, 1.54) is 6.07 Å². The van der Waals surface area contributed by atoms with Crippen molar-refractivity contribution in [3.8, 4) is 11.3 Å². The van der Waals surface area contributed by atoms with Gasteiger partial charge in [0, 0.05) is 11.6 Å². The SMILES string of the molecule is O=C(NC1(C(=O)O)CCSCC1)c1cc(-c2ccccc2)on1. The summed E-state index contributed by atoms with van der Waals surface area (Å²) in [7, 11) is 0. The molecule has 0 radical (unpaired) electrons. The standard InChI is InChI=1S/C16H16N2O4S/c19-14(17-16(15(20)21)6-8-23-9-7-16)12-10-13(22-18-12)11-4-2-1-3-5-11/h1-5,10H,6-9H2,(H,17,19)(H,20,21). The average molecular weight is 332 g/mol. The number of rotatable bonds is 4. The normalized spacial score (nSPS) is 16.7. The van der Waals surface area contributed by atoms with Crippen molar-refractivity contribution in [1.29, 1.82) is 0 Å². The van der Waals surface area contributed by atoms with Crippen LogP contribution in [0.15, 0.2) is 40.9 Å². The Bertz CT molecular complexity index is 708. The summed E-state index contributed by atoms with van der Waals surface area (Å²) < 4.78 is 5.19. The number of nitrogens with one attached hydrogen (secondary N) is 1. The summed E-state index contributed by atoms with van der Waals surface area (Å²) in [5.41, 5.74) is -0.322. The van der Waals surface area contributed by atoms with Gasteiger partial charge in [-0.3, -0.25) is 4.79 Å². The van der Waals surface area contributed by atoms with Crippen LogP contribution < -0.4 is 5.32 Å². The molecule has 1 fully saturated rings. The Morgan fingerprint density at radius 3 is 2.57 bits per heavy atom. The Morgan fingerprint density at radius 2 is 1.91 bits per heavy atom. The van der Waals surface area contributed by atoms with E-state index in [0.717, 1.165) is 5.56 Å². The zero-order valence-electron chi connectivity index (χ0n) is 12.3. The third kappa shape index (κ3) is 3.24. The number of thioether (sulfide) groups is 1. The molecule has 120 valence electrons. The molecule has 0 aliphatic carbocycles. The Hall–Kier alpha value is -2.28. The molecule has 1 aliphatic rings. The maximum Gasteiger partial charge on any atom is 0.329 e. The molecule has 3 rings (SSSR count). The van der Waals surface area contributed by atoms with Gasteiger partial charge < -0.3 is 14.9 Å². The second-order valence-electron chi connectivity index (χ2n) is 5.40. The second-order valence-corrected chi connectivity index (χ2v) is 6.62. The smallest absolute Gasteiger partial charge is 0.329 e. The van der Waals surface area contributed by atoms with Crippen LogP contribution in [0, 0.1) is 0 Å². The molecule has 2 aromatic rings. The van der Waals surface area contributed by atoms with Gasteiger partial charge in [-0.25, -0.2) is 4.79 Å². The number of hydrogen-bond acceptors (Lipinski definition) is 5. The van der Waals surface area contributed by atoms with Gasteiger partial charge >= 0.3 is 5.97 Å². The predicted octanol–water partition coefficient (Wildman–Crippen LogP) is 2.42. The summed E-state index contributed by atoms with van der Waals surface area (Å²) in [6, 6.07) is 10.8. The van der Waals surface area contributed by atoms with Crippen molar-refractivity contribution in [3.05, 3.63) is 42.1 Å². The van der Waals surface area contributed by atoms with E-state index < -0.39 is 17.4 Å². The molecule has 1 saturated heterocycles. The highest BCUT2D eigenvalue weighted by Gasteiger charge is 2.41. The molecular weight excluding hydrogens is 316 g/mol. The van der Waals surface area contributed by atoms with Crippen molar-refractivity contribution < 1.29 is 19.2 Å². The summed E-state index contributed by atoms with van der Waals surface area (Å²) in [6.07, 6.45) is 0.810. The molecule has 1 aromatic heterocycles. The molecule has 1 aliphatic heterocycles. The van der Waals surface area contributed by atoms with E-state index in [4.69, 9.17) is 4.52 Å². The number of aromatic nitrogens is 1. The van der Waals surface area contributed by atoms with Gasteiger partial charge in [-0.15, -0.1) is 0 Å². The van der Waals surface area contributed by atoms with Crippen LogP contribution in [0.25, 0.3) is 11.3 Å². The minimum atomic E-state index is -1.21. The summed E-state index contributed by atoms with van der Waals surface area (Å²) in [4.78, 5) is 24.0. The quantitative estimate of drug-likeness (QED) is 0.893. The van der Waals surface area contributed by atoms with Crippen molar-refractivity contribution in [2.45, 2.75) is 18.4 Å². The topological polar surface area (TPSA) is 92.4 Å². The summed E-state index contributed by atoms with van der Waals surface area (Å²) >= 11 is 1.69. The van der Waals surface area contributed by atoms with Crippen LogP contribution in [0.4, 0.5) is 0 Å². The highest BCUT2D eigenvalue weighted by Crippen LogP contribution is 2.28. The van der Waals surface area contributed by atoms with Crippen LogP contribution in [0.5, 0.6) is 0 Å². The molecular formula is C16H16N2O4S. The summed E-state index contributed by atoms with van der Waals surface area (Å²) in [6.45, 7) is 0. The number of nitrogens with zero attached hydrogens (tertiary/aromatic N) is 1. The van der Waals surface area contributed by atoms with E-state index in [-0.39, 0.29) is 5.69 Å². The third-order valence-corrected chi connectivity index (χ3v) is 4.90. The van der Waals surface area contributed by atoms with Gasteiger partial charge in [-0.05, 0) is 24.3 Å². The van der Waals surface area contributed by atoms with Crippen LogP contribution >= 0.6 is 11.8 Å². The number of carbonyl (C=O) groups excluding carboxylic acids is 1. The number of aliphatic carboxylic acids is 1. The monoisotopic (exact) mass is 332 g/mol. The van der Waals surface area contributed by atoms with Crippen LogP contribution in [0.1, 0.15) is 23.3 Å². The van der Waals surface area contributed by atoms with Gasteiger partial charge in [-0.2, -0.15) is 11.8 Å². The first-order valence-electron chi connectivity index (χ1n) is 7.26. The maximum atomic E-state index is 12.4. The van der Waals surface area contributed by atoms with Crippen LogP contribution in [-0.4, -0.2) is 39.2 Å². The molecule has 2 N–H and O–H groups in total. The van der Waals surface area contributed by atoms with E-state index in [9.17, 15) is 14.7 Å². The van der Waals surface area contributed by atoms with Crippen molar-refractivity contribution in [3.63, 3.8) is 0 Å². The predicted molar refractivity (Wildman–Crippen MR) is 86.3 cm³/mol.